The van der Waals surface area contributed by atoms with Gasteiger partial charge in [-0.15, -0.1) is 11.8 Å². The second-order valence-electron chi connectivity index (χ2n) is 5.36. The quantitative estimate of drug-likeness (QED) is 0.874. The molecule has 1 atom stereocenters. The minimum atomic E-state index is -0.991. The fraction of sp³-hybridized carbons (Fsp3) is 0.500. The van der Waals surface area contributed by atoms with E-state index in [4.69, 9.17) is 27.2 Å². The van der Waals surface area contributed by atoms with E-state index in [1.807, 2.05) is 26.0 Å². The first-order valence-electron chi connectivity index (χ1n) is 6.37. The topological polar surface area (TPSA) is 72.5 Å². The Morgan fingerprint density at radius 1 is 1.60 bits per heavy atom. The maximum absolute atomic E-state index is 11.0. The summed E-state index contributed by atoms with van der Waals surface area (Å²) in [7, 11) is 0. The molecule has 6 heteroatoms. The number of rotatable bonds is 5. The van der Waals surface area contributed by atoms with Crippen molar-refractivity contribution in [3.05, 3.63) is 28.3 Å². The van der Waals surface area contributed by atoms with Crippen LogP contribution in [0.5, 0.6) is 5.75 Å². The van der Waals surface area contributed by atoms with Gasteiger partial charge in [-0.2, -0.15) is 0 Å². The van der Waals surface area contributed by atoms with Gasteiger partial charge in [0.2, 0.25) is 0 Å². The number of hydrogen-bond acceptors (Lipinski definition) is 4. The Morgan fingerprint density at radius 3 is 2.95 bits per heavy atom. The van der Waals surface area contributed by atoms with Gasteiger partial charge in [0.25, 0.3) is 0 Å². The van der Waals surface area contributed by atoms with Crippen LogP contribution >= 0.6 is 23.4 Å². The normalized spacial score (nSPS) is 15.6. The summed E-state index contributed by atoms with van der Waals surface area (Å²) >= 11 is 7.61. The summed E-state index contributed by atoms with van der Waals surface area (Å²) in [4.78, 5) is 11.0. The van der Waals surface area contributed by atoms with Gasteiger partial charge in [-0.3, -0.25) is 4.79 Å². The van der Waals surface area contributed by atoms with Crippen LogP contribution < -0.4 is 10.5 Å². The smallest absolute Gasteiger partial charge is 0.321 e. The fourth-order valence-corrected chi connectivity index (χ4v) is 3.39. The number of carboxylic acid groups (broad SMARTS) is 1. The highest BCUT2D eigenvalue weighted by atomic mass is 35.5. The number of benzene rings is 1. The number of hydrogen-bond donors (Lipinski definition) is 2. The lowest BCUT2D eigenvalue weighted by atomic mass is 10.1. The molecule has 1 aliphatic heterocycles. The van der Waals surface area contributed by atoms with Crippen molar-refractivity contribution in [2.75, 3.05) is 6.61 Å². The number of carbonyl (C=O) groups is 1. The highest BCUT2D eigenvalue weighted by Crippen LogP contribution is 2.38. The zero-order chi connectivity index (χ0) is 14.9. The first kappa shape index (κ1) is 15.5. The van der Waals surface area contributed by atoms with Crippen molar-refractivity contribution in [2.24, 2.45) is 5.73 Å². The molecule has 0 saturated heterocycles. The molecule has 0 bridgehead atoms. The van der Waals surface area contributed by atoms with Crippen LogP contribution in [0.25, 0.3) is 0 Å². The van der Waals surface area contributed by atoms with Crippen LogP contribution in [0.15, 0.2) is 12.1 Å². The molecule has 0 fully saturated rings. The van der Waals surface area contributed by atoms with Crippen molar-refractivity contribution in [1.82, 2.24) is 0 Å². The van der Waals surface area contributed by atoms with Crippen LogP contribution in [0, 0.1) is 0 Å². The van der Waals surface area contributed by atoms with Crippen LogP contribution in [0.1, 0.15) is 25.0 Å². The molecule has 1 aliphatic rings. The van der Waals surface area contributed by atoms with Gasteiger partial charge < -0.3 is 15.6 Å². The van der Waals surface area contributed by atoms with Crippen molar-refractivity contribution in [2.45, 2.75) is 36.8 Å². The fourth-order valence-electron chi connectivity index (χ4n) is 2.10. The molecule has 3 N–H and O–H groups in total. The van der Waals surface area contributed by atoms with E-state index < -0.39 is 16.8 Å². The third-order valence-corrected chi connectivity index (χ3v) is 5.11. The van der Waals surface area contributed by atoms with Crippen molar-refractivity contribution in [3.63, 3.8) is 0 Å². The lowest BCUT2D eigenvalue weighted by molar-refractivity contribution is -0.139. The lowest BCUT2D eigenvalue weighted by Crippen LogP contribution is -2.46. The summed E-state index contributed by atoms with van der Waals surface area (Å²) in [5.74, 6) is 0.522. The van der Waals surface area contributed by atoms with Gasteiger partial charge in [0.15, 0.2) is 0 Å². The maximum Gasteiger partial charge on any atom is 0.321 e. The van der Waals surface area contributed by atoms with Crippen LogP contribution in [0.3, 0.4) is 0 Å². The average molecular weight is 316 g/mol. The van der Waals surface area contributed by atoms with Crippen molar-refractivity contribution in [1.29, 1.82) is 0 Å². The molecule has 0 radical (unpaired) electrons. The van der Waals surface area contributed by atoms with Gasteiger partial charge in [-0.1, -0.05) is 11.6 Å². The molecule has 1 heterocycles. The predicted molar refractivity (Wildman–Crippen MR) is 81.6 cm³/mol. The monoisotopic (exact) mass is 315 g/mol. The molecule has 4 nitrogen and oxygen atoms in total. The zero-order valence-corrected chi connectivity index (χ0v) is 13.1. The Hall–Kier alpha value is -0.910. The summed E-state index contributed by atoms with van der Waals surface area (Å²) in [6.45, 7) is 4.34. The van der Waals surface area contributed by atoms with E-state index in [1.54, 1.807) is 0 Å². The number of aliphatic carboxylic acids is 1. The van der Waals surface area contributed by atoms with Gasteiger partial charge in [0.05, 0.1) is 6.61 Å². The molecule has 0 unspecified atom stereocenters. The molecule has 1 aromatic rings. The molecule has 0 amide bonds. The van der Waals surface area contributed by atoms with Crippen LogP contribution in [0.4, 0.5) is 0 Å². The minimum absolute atomic E-state index is 0.570. The zero-order valence-electron chi connectivity index (χ0n) is 11.5. The predicted octanol–water partition coefficient (Wildman–Crippen LogP) is 2.70. The van der Waals surface area contributed by atoms with E-state index in [9.17, 15) is 4.79 Å². The SMILES string of the molecule is CC(C)(SCc1cc(Cl)cc2c1OCC2)[C@@H](N)C(=O)O. The summed E-state index contributed by atoms with van der Waals surface area (Å²) < 4.78 is 5.07. The van der Waals surface area contributed by atoms with E-state index in [2.05, 4.69) is 0 Å². The molecule has 0 saturated carbocycles. The Labute approximate surface area is 127 Å². The largest absolute Gasteiger partial charge is 0.493 e. The molecule has 0 aliphatic carbocycles. The first-order chi connectivity index (χ1) is 9.31. The highest BCUT2D eigenvalue weighted by molar-refractivity contribution is 7.99. The standard InChI is InChI=1S/C14H18ClNO3S/c1-14(2,12(16)13(17)18)20-7-9-6-10(15)5-8-3-4-19-11(8)9/h5-6,12H,3-4,7,16H2,1-2H3,(H,17,18)/t12-/m0/s1. The lowest BCUT2D eigenvalue weighted by Gasteiger charge is -2.28. The van der Waals surface area contributed by atoms with Gasteiger partial charge >= 0.3 is 5.97 Å². The van der Waals surface area contributed by atoms with Gasteiger partial charge in [-0.25, -0.2) is 0 Å². The molecule has 0 aromatic heterocycles. The maximum atomic E-state index is 11.0. The number of carboxylic acids is 1. The molecular weight excluding hydrogens is 298 g/mol. The third kappa shape index (κ3) is 3.22. The van der Waals surface area contributed by atoms with Crippen molar-refractivity contribution in [3.8, 4) is 5.75 Å². The Morgan fingerprint density at radius 2 is 2.30 bits per heavy atom. The number of nitrogens with two attached hydrogens (primary N) is 1. The molecule has 1 aromatic carbocycles. The first-order valence-corrected chi connectivity index (χ1v) is 7.74. The second kappa shape index (κ2) is 5.84. The molecule has 110 valence electrons. The van der Waals surface area contributed by atoms with Gasteiger partial charge in [0, 0.05) is 27.5 Å². The Balaban J connectivity index is 2.14. The van der Waals surface area contributed by atoms with Crippen LogP contribution in [0.2, 0.25) is 5.02 Å². The van der Waals surface area contributed by atoms with E-state index in [1.165, 1.54) is 11.8 Å². The number of thioether (sulfide) groups is 1. The highest BCUT2D eigenvalue weighted by Gasteiger charge is 2.33. The molecular formula is C14H18ClNO3S. The summed E-state index contributed by atoms with van der Waals surface area (Å²) in [6, 6.07) is 2.88. The van der Waals surface area contributed by atoms with Gasteiger partial charge in [0.1, 0.15) is 11.8 Å². The van der Waals surface area contributed by atoms with Crippen molar-refractivity contribution >= 4 is 29.3 Å². The summed E-state index contributed by atoms with van der Waals surface area (Å²) in [6.07, 6.45) is 0.867. The Kier molecular flexibility index (Phi) is 4.52. The van der Waals surface area contributed by atoms with E-state index in [-0.39, 0.29) is 0 Å². The molecule has 20 heavy (non-hydrogen) atoms. The van der Waals surface area contributed by atoms with Crippen molar-refractivity contribution < 1.29 is 14.6 Å². The molecule has 2 rings (SSSR count). The molecule has 0 spiro atoms. The van der Waals surface area contributed by atoms with E-state index >= 15 is 0 Å². The number of ether oxygens (including phenoxy) is 1. The van der Waals surface area contributed by atoms with E-state index in [0.717, 1.165) is 23.3 Å². The third-order valence-electron chi connectivity index (χ3n) is 3.44. The van der Waals surface area contributed by atoms with Crippen LogP contribution in [-0.2, 0) is 17.0 Å². The second-order valence-corrected chi connectivity index (χ2v) is 7.43. The summed E-state index contributed by atoms with van der Waals surface area (Å²) in [5, 5.41) is 9.72. The minimum Gasteiger partial charge on any atom is -0.493 e. The van der Waals surface area contributed by atoms with E-state index in [0.29, 0.717) is 17.4 Å². The number of fused-ring (bicyclic) bond motifs is 1. The summed E-state index contributed by atoms with van der Waals surface area (Å²) in [5.41, 5.74) is 7.84. The van der Waals surface area contributed by atoms with Crippen LogP contribution in [-0.4, -0.2) is 28.5 Å². The van der Waals surface area contributed by atoms with Gasteiger partial charge in [-0.05, 0) is 31.5 Å². The average Bonchev–Trinajstić information content (AvgIpc) is 2.82. The Bertz CT molecular complexity index is 533. The number of halogens is 1.